The van der Waals surface area contributed by atoms with Gasteiger partial charge in [0.2, 0.25) is 5.91 Å². The van der Waals surface area contributed by atoms with Gasteiger partial charge in [-0.2, -0.15) is 0 Å². The molecule has 158 valence electrons. The minimum atomic E-state index is -0.668. The Bertz CT molecular complexity index is 790. The summed E-state index contributed by atoms with van der Waals surface area (Å²) in [7, 11) is 0. The molecular formula is C23H32N2O4. The Morgan fingerprint density at radius 2 is 1.76 bits per heavy atom. The van der Waals surface area contributed by atoms with Gasteiger partial charge >= 0.3 is 0 Å². The van der Waals surface area contributed by atoms with E-state index in [9.17, 15) is 15.0 Å². The maximum absolute atomic E-state index is 12.0. The first kappa shape index (κ1) is 22.9. The largest absolute Gasteiger partial charge is 0.508 e. The zero-order valence-electron chi connectivity index (χ0n) is 17.4. The molecule has 0 aromatic heterocycles. The van der Waals surface area contributed by atoms with Gasteiger partial charge < -0.3 is 26.0 Å². The summed E-state index contributed by atoms with van der Waals surface area (Å²) < 4.78 is 0. The number of aliphatic hydroxyl groups is 2. The molecule has 2 aromatic rings. The molecule has 1 unspecified atom stereocenters. The first-order chi connectivity index (χ1) is 13.7. The second-order valence-corrected chi connectivity index (χ2v) is 8.20. The number of nitrogens with one attached hydrogen (secondary N) is 2. The second kappa shape index (κ2) is 10.4. The average Bonchev–Trinajstić information content (AvgIpc) is 2.66. The van der Waals surface area contributed by atoms with E-state index in [1.54, 1.807) is 31.2 Å². The van der Waals surface area contributed by atoms with Crippen LogP contribution in [0.2, 0.25) is 0 Å². The van der Waals surface area contributed by atoms with E-state index < -0.39 is 6.10 Å². The van der Waals surface area contributed by atoms with Crippen LogP contribution in [0.5, 0.6) is 5.75 Å². The molecular weight excluding hydrogens is 368 g/mol. The molecule has 0 fully saturated rings. The zero-order valence-corrected chi connectivity index (χ0v) is 17.4. The third kappa shape index (κ3) is 7.85. The summed E-state index contributed by atoms with van der Waals surface area (Å²) in [6.07, 6.45) is 0.335. The number of amides is 1. The lowest BCUT2D eigenvalue weighted by atomic mass is 9.93. The number of phenolic OH excluding ortho intramolecular Hbond substituents is 1. The highest BCUT2D eigenvalue weighted by Crippen LogP contribution is 2.19. The number of hydrogen-bond acceptors (Lipinski definition) is 5. The van der Waals surface area contributed by atoms with Crippen molar-refractivity contribution in [1.29, 1.82) is 0 Å². The summed E-state index contributed by atoms with van der Waals surface area (Å²) in [5.74, 6) is 0.0618. The Hall–Kier alpha value is -2.41. The molecule has 0 aliphatic rings. The van der Waals surface area contributed by atoms with Crippen molar-refractivity contribution in [3.63, 3.8) is 0 Å². The van der Waals surface area contributed by atoms with Crippen LogP contribution < -0.4 is 10.6 Å². The molecule has 0 aliphatic carbocycles. The topological polar surface area (TPSA) is 102 Å². The molecule has 2 atom stereocenters. The molecule has 0 radical (unpaired) electrons. The summed E-state index contributed by atoms with van der Waals surface area (Å²) in [5.41, 5.74) is 2.51. The number of carbonyl (C=O) groups is 1. The molecule has 6 nitrogen and oxygen atoms in total. The normalized spacial score (nSPS) is 13.7. The van der Waals surface area contributed by atoms with Gasteiger partial charge in [0.25, 0.3) is 0 Å². The number of phenols is 1. The summed E-state index contributed by atoms with van der Waals surface area (Å²) in [6, 6.07) is 14.2. The van der Waals surface area contributed by atoms with E-state index >= 15 is 0 Å². The fraction of sp³-hybridized carbons (Fsp3) is 0.435. The maximum atomic E-state index is 12.0. The predicted molar refractivity (Wildman–Crippen MR) is 114 cm³/mol. The van der Waals surface area contributed by atoms with Gasteiger partial charge in [-0.05, 0) is 56.0 Å². The highest BCUT2D eigenvalue weighted by molar-refractivity contribution is 5.78. The standard InChI is InChI=1S/C23H32N2O4/c1-16(15-26)25-22(29)12-17-5-4-6-18(11-17)13-23(2,3)24-14-21(28)19-7-9-20(27)10-8-19/h4-11,16,21,24,26-28H,12-15H2,1-3H3,(H,25,29)/t16-,21?/m0/s1. The van der Waals surface area contributed by atoms with Gasteiger partial charge in [0.05, 0.1) is 19.1 Å². The van der Waals surface area contributed by atoms with Crippen molar-refractivity contribution >= 4 is 5.91 Å². The predicted octanol–water partition coefficient (Wildman–Crippen LogP) is 2.08. The van der Waals surface area contributed by atoms with Crippen LogP contribution in [0.25, 0.3) is 0 Å². The fourth-order valence-electron chi connectivity index (χ4n) is 3.17. The Labute approximate surface area is 172 Å². The number of rotatable bonds is 10. The van der Waals surface area contributed by atoms with Gasteiger partial charge in [0.15, 0.2) is 0 Å². The molecule has 0 aliphatic heterocycles. The van der Waals surface area contributed by atoms with Gasteiger partial charge in [-0.15, -0.1) is 0 Å². The van der Waals surface area contributed by atoms with E-state index in [1.807, 2.05) is 24.3 Å². The molecule has 2 rings (SSSR count). The van der Waals surface area contributed by atoms with Gasteiger partial charge in [-0.25, -0.2) is 0 Å². The summed E-state index contributed by atoms with van der Waals surface area (Å²) >= 11 is 0. The summed E-state index contributed by atoms with van der Waals surface area (Å²) in [6.45, 7) is 6.20. The van der Waals surface area contributed by atoms with E-state index in [0.717, 1.165) is 23.1 Å². The summed E-state index contributed by atoms with van der Waals surface area (Å²) in [4.78, 5) is 12.0. The smallest absolute Gasteiger partial charge is 0.224 e. The molecule has 6 heteroatoms. The van der Waals surface area contributed by atoms with Crippen molar-refractivity contribution in [2.45, 2.75) is 51.3 Å². The highest BCUT2D eigenvalue weighted by atomic mass is 16.3. The molecule has 0 bridgehead atoms. The monoisotopic (exact) mass is 400 g/mol. The van der Waals surface area contributed by atoms with Gasteiger partial charge in [-0.3, -0.25) is 4.79 Å². The second-order valence-electron chi connectivity index (χ2n) is 8.20. The SMILES string of the molecule is C[C@@H](CO)NC(=O)Cc1cccc(CC(C)(C)NCC(O)c2ccc(O)cc2)c1. The third-order valence-electron chi connectivity index (χ3n) is 4.74. The minimum absolute atomic E-state index is 0.0817. The van der Waals surface area contributed by atoms with Gasteiger partial charge in [0.1, 0.15) is 5.75 Å². The van der Waals surface area contributed by atoms with Crippen molar-refractivity contribution in [2.75, 3.05) is 13.2 Å². The Morgan fingerprint density at radius 1 is 1.10 bits per heavy atom. The Kier molecular flexibility index (Phi) is 8.20. The molecule has 5 N–H and O–H groups in total. The van der Waals surface area contributed by atoms with E-state index in [-0.39, 0.29) is 36.3 Å². The molecule has 0 saturated heterocycles. The van der Waals surface area contributed by atoms with Crippen LogP contribution in [0.4, 0.5) is 0 Å². The van der Waals surface area contributed by atoms with Crippen LogP contribution in [0, 0.1) is 0 Å². The van der Waals surface area contributed by atoms with Crippen LogP contribution in [-0.2, 0) is 17.6 Å². The van der Waals surface area contributed by atoms with Gasteiger partial charge in [-0.1, -0.05) is 36.4 Å². The van der Waals surface area contributed by atoms with Crippen molar-refractivity contribution in [3.05, 3.63) is 65.2 Å². The van der Waals surface area contributed by atoms with Crippen LogP contribution >= 0.6 is 0 Å². The lowest BCUT2D eigenvalue weighted by Gasteiger charge is -2.28. The van der Waals surface area contributed by atoms with Crippen LogP contribution in [-0.4, -0.2) is 46.0 Å². The fourth-order valence-corrected chi connectivity index (χ4v) is 3.17. The van der Waals surface area contributed by atoms with Crippen molar-refractivity contribution in [3.8, 4) is 5.75 Å². The number of aromatic hydroxyl groups is 1. The zero-order chi connectivity index (χ0) is 21.4. The van der Waals surface area contributed by atoms with Crippen LogP contribution in [0.1, 0.15) is 43.6 Å². The number of aliphatic hydroxyl groups excluding tert-OH is 2. The maximum Gasteiger partial charge on any atom is 0.224 e. The Balaban J connectivity index is 1.92. The number of β-amino-alcohol motifs (C(OH)–C–C–N with tert-alkyl or cyclic N) is 1. The molecule has 1 amide bonds. The quantitative estimate of drug-likeness (QED) is 0.420. The Morgan fingerprint density at radius 3 is 2.41 bits per heavy atom. The number of carbonyl (C=O) groups excluding carboxylic acids is 1. The minimum Gasteiger partial charge on any atom is -0.508 e. The number of hydrogen-bond donors (Lipinski definition) is 5. The lowest BCUT2D eigenvalue weighted by molar-refractivity contribution is -0.121. The highest BCUT2D eigenvalue weighted by Gasteiger charge is 2.20. The molecule has 2 aromatic carbocycles. The first-order valence-electron chi connectivity index (χ1n) is 9.88. The third-order valence-corrected chi connectivity index (χ3v) is 4.74. The number of benzene rings is 2. The molecule has 0 saturated carbocycles. The van der Waals surface area contributed by atoms with Crippen molar-refractivity contribution < 1.29 is 20.1 Å². The van der Waals surface area contributed by atoms with Gasteiger partial charge in [0, 0.05) is 18.1 Å². The molecule has 0 heterocycles. The first-order valence-corrected chi connectivity index (χ1v) is 9.88. The van der Waals surface area contributed by atoms with E-state index in [2.05, 4.69) is 24.5 Å². The lowest BCUT2D eigenvalue weighted by Crippen LogP contribution is -2.43. The van der Waals surface area contributed by atoms with Crippen LogP contribution in [0.15, 0.2) is 48.5 Å². The van der Waals surface area contributed by atoms with E-state index in [0.29, 0.717) is 6.54 Å². The van der Waals surface area contributed by atoms with Crippen molar-refractivity contribution in [2.24, 2.45) is 0 Å². The molecule has 29 heavy (non-hydrogen) atoms. The summed E-state index contributed by atoms with van der Waals surface area (Å²) in [5, 5.41) is 34.9. The van der Waals surface area contributed by atoms with Crippen molar-refractivity contribution in [1.82, 2.24) is 10.6 Å². The molecule has 0 spiro atoms. The average molecular weight is 401 g/mol. The van der Waals surface area contributed by atoms with E-state index in [4.69, 9.17) is 5.11 Å². The van der Waals surface area contributed by atoms with E-state index in [1.165, 1.54) is 0 Å². The van der Waals surface area contributed by atoms with Crippen LogP contribution in [0.3, 0.4) is 0 Å².